The van der Waals surface area contributed by atoms with Gasteiger partial charge in [-0.25, -0.2) is 4.79 Å². The lowest BCUT2D eigenvalue weighted by Crippen LogP contribution is -2.61. The lowest BCUT2D eigenvalue weighted by Gasteiger charge is -2.42. The SMILES string of the molecule is CO[C@H]1C[C@@H]2CC[C@@H](C)[C@@](O)(O2)C(=O)C(=O)N2CCCC[C@H]2C(=O)O[C@H]([C@H](C)C[C@@H]2CC[C@@H](OC(=O)C(C)(CO)COC(=O)CI)[C@H](OC)C2)CC(=O)[C@H](C)/C=C(\C)[C@@H](O)[C@@H](OC)C(=O)[C@H](C)C[C@H](C)/C=C/C=CC=C1C. The predicted molar refractivity (Wildman–Crippen MR) is 294 cm³/mol. The first kappa shape index (κ1) is 65.8. The Kier molecular flexibility index (Phi) is 26.3. The van der Waals surface area contributed by atoms with Crippen LogP contribution in [-0.4, -0.2) is 161 Å². The van der Waals surface area contributed by atoms with Crippen LogP contribution in [0.1, 0.15) is 132 Å². The molecule has 4 rings (SSSR count). The molecule has 3 N–H and O–H groups in total. The van der Waals surface area contributed by atoms with Gasteiger partial charge in [0, 0.05) is 58.5 Å². The third kappa shape index (κ3) is 17.9. The Morgan fingerprint density at radius 3 is 2.26 bits per heavy atom. The van der Waals surface area contributed by atoms with Gasteiger partial charge in [0.15, 0.2) is 5.78 Å². The van der Waals surface area contributed by atoms with Crippen LogP contribution in [0.15, 0.2) is 47.6 Å². The predicted octanol–water partition coefficient (Wildman–Crippen LogP) is 6.71. The highest BCUT2D eigenvalue weighted by molar-refractivity contribution is 14.1. The fourth-order valence-corrected chi connectivity index (χ4v) is 11.2. The van der Waals surface area contributed by atoms with Crippen molar-refractivity contribution in [2.45, 2.75) is 187 Å². The zero-order valence-electron chi connectivity index (χ0n) is 47.2. The molecule has 0 aromatic heterocycles. The molecule has 2 saturated heterocycles. The van der Waals surface area contributed by atoms with Crippen LogP contribution in [0.5, 0.6) is 0 Å². The summed E-state index contributed by atoms with van der Waals surface area (Å²) in [4.78, 5) is 98.0. The Hall–Kier alpha value is -3.70. The van der Waals surface area contributed by atoms with Crippen LogP contribution in [0, 0.1) is 40.9 Å². The molecular weight excluding hydrogens is 1110 g/mol. The van der Waals surface area contributed by atoms with Crippen LogP contribution in [-0.2, 0) is 66.7 Å². The Morgan fingerprint density at radius 2 is 1.61 bits per heavy atom. The molecule has 1 amide bonds. The molecular formula is C58H88INO17. The summed E-state index contributed by atoms with van der Waals surface area (Å²) < 4.78 is 40.9. The van der Waals surface area contributed by atoms with Crippen molar-refractivity contribution in [2.24, 2.45) is 40.9 Å². The fourth-order valence-electron chi connectivity index (χ4n) is 11.0. The Labute approximate surface area is 469 Å². The maximum Gasteiger partial charge on any atom is 0.329 e. The number of methoxy groups -OCH3 is 3. The number of fused-ring (bicyclic) bond motifs is 3. The number of piperidine rings is 1. The maximum absolute atomic E-state index is 14.6. The van der Waals surface area contributed by atoms with Crippen molar-refractivity contribution in [3.63, 3.8) is 0 Å². The second kappa shape index (κ2) is 30.8. The first-order valence-corrected chi connectivity index (χ1v) is 28.9. The van der Waals surface area contributed by atoms with Crippen LogP contribution in [0.2, 0.25) is 0 Å². The van der Waals surface area contributed by atoms with Gasteiger partial charge in [0.1, 0.15) is 48.3 Å². The van der Waals surface area contributed by atoms with Gasteiger partial charge in [-0.15, -0.1) is 0 Å². The highest BCUT2D eigenvalue weighted by Crippen LogP contribution is 2.39. The number of allylic oxidation sites excluding steroid dienone is 6. The van der Waals surface area contributed by atoms with E-state index in [2.05, 4.69) is 0 Å². The number of carbonyl (C=O) groups excluding carboxylic acids is 7. The molecule has 4 aliphatic rings. The summed E-state index contributed by atoms with van der Waals surface area (Å²) in [6.07, 6.45) is 9.48. The number of ketones is 3. The second-order valence-electron chi connectivity index (χ2n) is 22.5. The van der Waals surface area contributed by atoms with Crippen molar-refractivity contribution in [3.8, 4) is 0 Å². The lowest BCUT2D eigenvalue weighted by atomic mass is 9.78. The van der Waals surface area contributed by atoms with Gasteiger partial charge in [0.05, 0.1) is 29.3 Å². The van der Waals surface area contributed by atoms with E-state index in [1.807, 2.05) is 73.7 Å². The van der Waals surface area contributed by atoms with Gasteiger partial charge < -0.3 is 53.4 Å². The maximum atomic E-state index is 14.6. The number of halogens is 1. The smallest absolute Gasteiger partial charge is 0.329 e. The lowest BCUT2D eigenvalue weighted by molar-refractivity contribution is -0.265. The van der Waals surface area contributed by atoms with Crippen molar-refractivity contribution in [3.05, 3.63) is 47.6 Å². The number of cyclic esters (lactones) is 1. The summed E-state index contributed by atoms with van der Waals surface area (Å²) in [6.45, 7) is 13.0. The van der Waals surface area contributed by atoms with Gasteiger partial charge in [0.2, 0.25) is 5.79 Å². The van der Waals surface area contributed by atoms with E-state index in [0.29, 0.717) is 63.4 Å². The highest BCUT2D eigenvalue weighted by Gasteiger charge is 2.53. The number of aliphatic hydroxyl groups excluding tert-OH is 2. The van der Waals surface area contributed by atoms with Crippen molar-refractivity contribution < 1.29 is 82.0 Å². The van der Waals surface area contributed by atoms with E-state index in [-0.39, 0.29) is 60.2 Å². The van der Waals surface area contributed by atoms with Gasteiger partial charge in [-0.3, -0.25) is 28.8 Å². The monoisotopic (exact) mass is 1200 g/mol. The number of hydrogen-bond donors (Lipinski definition) is 3. The average molecular weight is 1200 g/mol. The van der Waals surface area contributed by atoms with Gasteiger partial charge in [-0.05, 0) is 114 Å². The Balaban J connectivity index is 1.68. The molecule has 0 radical (unpaired) electrons. The molecule has 0 spiro atoms. The largest absolute Gasteiger partial charge is 0.464 e. The minimum atomic E-state index is -2.48. The molecule has 19 heteroatoms. The van der Waals surface area contributed by atoms with E-state index < -0.39 is 120 Å². The third-order valence-electron chi connectivity index (χ3n) is 16.2. The molecule has 18 nitrogen and oxygen atoms in total. The zero-order valence-corrected chi connectivity index (χ0v) is 49.4. The van der Waals surface area contributed by atoms with E-state index in [9.17, 15) is 48.9 Å². The first-order valence-electron chi connectivity index (χ1n) is 27.4. The summed E-state index contributed by atoms with van der Waals surface area (Å²) >= 11 is 1.84. The number of rotatable bonds is 12. The van der Waals surface area contributed by atoms with Crippen molar-refractivity contribution in [2.75, 3.05) is 45.5 Å². The second-order valence-corrected chi connectivity index (χ2v) is 23.2. The van der Waals surface area contributed by atoms with Crippen LogP contribution in [0.3, 0.4) is 0 Å². The van der Waals surface area contributed by atoms with Gasteiger partial charge in [0.25, 0.3) is 11.7 Å². The topological polar surface area (TPSA) is 248 Å². The van der Waals surface area contributed by atoms with Crippen LogP contribution in [0.25, 0.3) is 0 Å². The van der Waals surface area contributed by atoms with Gasteiger partial charge in [-0.2, -0.15) is 0 Å². The minimum absolute atomic E-state index is 0.0133. The molecule has 2 bridgehead atoms. The number of ether oxygens (including phenoxy) is 7. The number of carbonyl (C=O) groups is 7. The first-order chi connectivity index (χ1) is 36.4. The number of amides is 1. The molecule has 3 fully saturated rings. The van der Waals surface area contributed by atoms with Crippen LogP contribution in [0.4, 0.5) is 0 Å². The third-order valence-corrected chi connectivity index (χ3v) is 16.8. The molecule has 16 atom stereocenters. The summed E-state index contributed by atoms with van der Waals surface area (Å²) in [5, 5.41) is 33.7. The number of alkyl halides is 1. The van der Waals surface area contributed by atoms with E-state index in [4.69, 9.17) is 33.2 Å². The quantitative estimate of drug-likeness (QED) is 0.0459. The van der Waals surface area contributed by atoms with Gasteiger partial charge >= 0.3 is 17.9 Å². The van der Waals surface area contributed by atoms with Crippen LogP contribution >= 0.6 is 22.6 Å². The molecule has 1 aliphatic carbocycles. The highest BCUT2D eigenvalue weighted by atomic mass is 127. The molecule has 77 heavy (non-hydrogen) atoms. The Morgan fingerprint density at radius 1 is 0.896 bits per heavy atom. The van der Waals surface area contributed by atoms with Crippen molar-refractivity contribution in [1.29, 1.82) is 0 Å². The molecule has 1 unspecified atom stereocenters. The summed E-state index contributed by atoms with van der Waals surface area (Å²) in [6, 6.07) is -1.21. The van der Waals surface area contributed by atoms with E-state index in [1.54, 1.807) is 40.9 Å². The average Bonchev–Trinajstić information content (AvgIpc) is 3.41. The normalized spacial score (nSPS) is 35.5. The molecule has 0 aromatic carbocycles. The molecule has 1 saturated carbocycles. The fraction of sp³-hybridized carbons (Fsp3) is 0.741. The van der Waals surface area contributed by atoms with Crippen molar-refractivity contribution >= 4 is 63.8 Å². The molecule has 3 aliphatic heterocycles. The summed E-state index contributed by atoms with van der Waals surface area (Å²) in [5.74, 6) is -10.0. The molecule has 3 heterocycles. The number of nitrogens with zero attached hydrogens (tertiary/aromatic N) is 1. The van der Waals surface area contributed by atoms with E-state index >= 15 is 0 Å². The Bertz CT molecular complexity index is 2160. The van der Waals surface area contributed by atoms with Gasteiger partial charge in [-0.1, -0.05) is 93.7 Å². The van der Waals surface area contributed by atoms with Crippen molar-refractivity contribution in [1.82, 2.24) is 4.90 Å². The minimum Gasteiger partial charge on any atom is -0.464 e. The summed E-state index contributed by atoms with van der Waals surface area (Å²) in [5.41, 5.74) is -0.301. The number of Topliss-reactive ketones (excluding diaryl/α,β-unsaturated/α-hetero) is 3. The number of hydrogen-bond acceptors (Lipinski definition) is 17. The molecule has 0 aromatic rings. The standard InChI is InChI=1S/C58H88INO17/c1-34-17-13-12-14-18-35(2)46(71-9)29-42-22-20-40(7)58(70,77-42)53(66)54(67)60-24-16-15-19-43(60)55(68)75-47(30-44(62)36(3)26-39(6)51(65)52(73-11)50(64)38(5)25-34)37(4)27-41-21-23-45(48(28-41)72-10)76-56(69)57(8,32-61)33-74-49(63)31-59/h12-14,17-18,26,34,36-38,40-43,45-48,51-52,61,65,70H,15-16,19-25,27-33H2,1-11H3/b14-12?,17-13+,35-18?,39-26+/t34-,36-,37-,38-,40-,41+,42+,43+,45-,46+,47+,48-,51-,52+,57?,58-/m1/s1. The van der Waals surface area contributed by atoms with E-state index in [1.165, 1.54) is 21.1 Å². The number of aliphatic hydroxyl groups is 3. The summed E-state index contributed by atoms with van der Waals surface area (Å²) in [7, 11) is 4.42. The number of esters is 3. The van der Waals surface area contributed by atoms with E-state index in [0.717, 1.165) is 10.5 Å². The molecule has 434 valence electrons. The zero-order chi connectivity index (χ0) is 57.4. The van der Waals surface area contributed by atoms with Crippen LogP contribution < -0.4 is 0 Å².